The van der Waals surface area contributed by atoms with Gasteiger partial charge in [-0.2, -0.15) is 5.10 Å². The Bertz CT molecular complexity index is 1070. The number of H-pyrrole nitrogens is 1. The molecule has 0 radical (unpaired) electrons. The Hall–Kier alpha value is -3.15. The molecule has 2 aromatic heterocycles. The van der Waals surface area contributed by atoms with Gasteiger partial charge in [-0.1, -0.05) is 0 Å². The number of rotatable bonds is 2. The highest BCUT2D eigenvalue weighted by Crippen LogP contribution is 2.37. The zero-order chi connectivity index (χ0) is 16.8. The first-order chi connectivity index (χ1) is 11.6. The van der Waals surface area contributed by atoms with Crippen molar-refractivity contribution in [2.24, 2.45) is 0 Å². The molecule has 0 aliphatic heterocycles. The topological polar surface area (TPSA) is 71.0 Å². The minimum absolute atomic E-state index is 0.160. The number of ether oxygens (including phenoxy) is 1. The highest BCUT2D eigenvalue weighted by molar-refractivity contribution is 6.11. The number of phenolic OH excluding ortho intramolecular Hbond substituents is 1. The lowest BCUT2D eigenvalue weighted by Gasteiger charge is -2.11. The predicted molar refractivity (Wildman–Crippen MR) is 89.7 cm³/mol. The van der Waals surface area contributed by atoms with Gasteiger partial charge in [0.2, 0.25) is 0 Å². The van der Waals surface area contributed by atoms with Gasteiger partial charge in [0.1, 0.15) is 5.75 Å². The summed E-state index contributed by atoms with van der Waals surface area (Å²) in [5.74, 6) is -0.105. The Morgan fingerprint density at radius 1 is 1.08 bits per heavy atom. The fourth-order valence-electron chi connectivity index (χ4n) is 2.96. The summed E-state index contributed by atoms with van der Waals surface area (Å²) < 4.78 is 20.1. The number of nitrogens with zero attached hydrogens (tertiary/aromatic N) is 2. The normalized spacial score (nSPS) is 11.3. The molecule has 2 aromatic carbocycles. The number of pyridine rings is 1. The van der Waals surface area contributed by atoms with E-state index in [0.29, 0.717) is 27.5 Å². The Labute approximate surface area is 136 Å². The summed E-state index contributed by atoms with van der Waals surface area (Å²) in [6.45, 7) is 1.83. The number of fused-ring (bicyclic) bond motifs is 3. The number of hydrogen-bond acceptors (Lipinski definition) is 4. The van der Waals surface area contributed by atoms with E-state index in [9.17, 15) is 9.50 Å². The summed E-state index contributed by atoms with van der Waals surface area (Å²) in [6.07, 6.45) is 0. The zero-order valence-corrected chi connectivity index (χ0v) is 13.1. The number of aromatic amines is 1. The number of halogens is 1. The van der Waals surface area contributed by atoms with Crippen LogP contribution in [0.1, 0.15) is 5.69 Å². The van der Waals surface area contributed by atoms with E-state index in [-0.39, 0.29) is 11.5 Å². The van der Waals surface area contributed by atoms with Gasteiger partial charge in [-0.3, -0.25) is 5.10 Å². The van der Waals surface area contributed by atoms with Gasteiger partial charge in [-0.25, -0.2) is 9.37 Å². The summed E-state index contributed by atoms with van der Waals surface area (Å²) in [5, 5.41) is 18.3. The maximum absolute atomic E-state index is 15.0. The third-order valence-electron chi connectivity index (χ3n) is 4.12. The monoisotopic (exact) mass is 323 g/mol. The molecular weight excluding hydrogens is 309 g/mol. The Morgan fingerprint density at radius 2 is 1.83 bits per heavy atom. The highest BCUT2D eigenvalue weighted by Gasteiger charge is 2.19. The number of benzene rings is 2. The molecule has 5 nitrogen and oxygen atoms in total. The lowest BCUT2D eigenvalue weighted by atomic mass is 10.00. The first kappa shape index (κ1) is 14.4. The number of aromatic hydroxyl groups is 1. The number of aromatic nitrogens is 3. The van der Waals surface area contributed by atoms with E-state index in [0.717, 1.165) is 11.3 Å². The van der Waals surface area contributed by atoms with E-state index >= 15 is 0 Å². The van der Waals surface area contributed by atoms with Gasteiger partial charge in [0.05, 0.1) is 18.2 Å². The fraction of sp³-hybridized carbons (Fsp3) is 0.111. The van der Waals surface area contributed by atoms with E-state index in [1.54, 1.807) is 36.4 Å². The largest absolute Gasteiger partial charge is 0.508 e. The number of phenols is 1. The Morgan fingerprint density at radius 3 is 2.54 bits per heavy atom. The average molecular weight is 323 g/mol. The van der Waals surface area contributed by atoms with Crippen LogP contribution in [-0.4, -0.2) is 27.4 Å². The van der Waals surface area contributed by atoms with Crippen molar-refractivity contribution in [3.63, 3.8) is 0 Å². The molecule has 0 aliphatic rings. The lowest BCUT2D eigenvalue weighted by molar-refractivity contribution is 0.389. The number of aryl methyl sites for hydroxylation is 1. The van der Waals surface area contributed by atoms with E-state index < -0.39 is 5.82 Å². The summed E-state index contributed by atoms with van der Waals surface area (Å²) >= 11 is 0. The van der Waals surface area contributed by atoms with Crippen molar-refractivity contribution < 1.29 is 14.2 Å². The lowest BCUT2D eigenvalue weighted by Crippen LogP contribution is -1.94. The first-order valence-electron chi connectivity index (χ1n) is 7.40. The Kier molecular flexibility index (Phi) is 3.13. The van der Waals surface area contributed by atoms with Gasteiger partial charge in [0.15, 0.2) is 17.2 Å². The second kappa shape index (κ2) is 5.19. The second-order valence-corrected chi connectivity index (χ2v) is 5.56. The third-order valence-corrected chi connectivity index (χ3v) is 4.12. The van der Waals surface area contributed by atoms with Crippen LogP contribution in [0.15, 0.2) is 36.4 Å². The van der Waals surface area contributed by atoms with Crippen LogP contribution in [-0.2, 0) is 0 Å². The molecule has 120 valence electrons. The highest BCUT2D eigenvalue weighted by atomic mass is 19.1. The molecule has 0 fully saturated rings. The van der Waals surface area contributed by atoms with Gasteiger partial charge >= 0.3 is 0 Å². The van der Waals surface area contributed by atoms with Gasteiger partial charge < -0.3 is 9.84 Å². The quantitative estimate of drug-likeness (QED) is 0.586. The number of hydrogen-bond donors (Lipinski definition) is 2. The molecule has 0 unspecified atom stereocenters. The molecule has 6 heteroatoms. The summed E-state index contributed by atoms with van der Waals surface area (Å²) in [6, 6.07) is 10.0. The van der Waals surface area contributed by atoms with Crippen LogP contribution < -0.4 is 4.74 Å². The number of methoxy groups -OCH3 is 1. The molecule has 2 N–H and O–H groups in total. The molecule has 0 aliphatic carbocycles. The van der Waals surface area contributed by atoms with Gasteiger partial charge in [0, 0.05) is 22.0 Å². The molecule has 2 heterocycles. The standard InChI is InChI=1S/C18H14FN3O2/c1-9-14-15-12(7-8-13(24-2)16(15)19)17(20-18(14)22-21-9)10-3-5-11(23)6-4-10/h3-8,23H,1-2H3,(H,20,21,22). The van der Waals surface area contributed by atoms with Crippen LogP contribution in [0.4, 0.5) is 4.39 Å². The van der Waals surface area contributed by atoms with E-state index in [4.69, 9.17) is 4.74 Å². The average Bonchev–Trinajstić information content (AvgIpc) is 2.96. The van der Waals surface area contributed by atoms with Crippen molar-refractivity contribution in [1.29, 1.82) is 0 Å². The molecule has 0 spiro atoms. The molecule has 4 rings (SSSR count). The SMILES string of the molecule is COc1ccc2c(-c3ccc(O)cc3)nc3n[nH]c(C)c3c2c1F. The van der Waals surface area contributed by atoms with Gasteiger partial charge in [-0.15, -0.1) is 0 Å². The zero-order valence-electron chi connectivity index (χ0n) is 13.1. The molecule has 0 saturated carbocycles. The molecular formula is C18H14FN3O2. The van der Waals surface area contributed by atoms with Crippen molar-refractivity contribution in [2.75, 3.05) is 7.11 Å². The maximum atomic E-state index is 15.0. The van der Waals surface area contributed by atoms with Crippen LogP contribution in [0, 0.1) is 12.7 Å². The van der Waals surface area contributed by atoms with Crippen LogP contribution >= 0.6 is 0 Å². The molecule has 0 saturated heterocycles. The Balaban J connectivity index is 2.18. The maximum Gasteiger partial charge on any atom is 0.182 e. The molecule has 4 aromatic rings. The molecule has 0 bridgehead atoms. The van der Waals surface area contributed by atoms with Gasteiger partial charge in [-0.05, 0) is 43.3 Å². The van der Waals surface area contributed by atoms with Crippen molar-refractivity contribution >= 4 is 21.8 Å². The van der Waals surface area contributed by atoms with Crippen molar-refractivity contribution in [3.8, 4) is 22.8 Å². The molecule has 24 heavy (non-hydrogen) atoms. The van der Waals surface area contributed by atoms with Crippen LogP contribution in [0.3, 0.4) is 0 Å². The van der Waals surface area contributed by atoms with E-state index in [1.165, 1.54) is 7.11 Å². The minimum atomic E-state index is -0.438. The fourth-order valence-corrected chi connectivity index (χ4v) is 2.96. The minimum Gasteiger partial charge on any atom is -0.508 e. The predicted octanol–water partition coefficient (Wildman–Crippen LogP) is 3.94. The van der Waals surface area contributed by atoms with Crippen molar-refractivity contribution in [3.05, 3.63) is 47.9 Å². The smallest absolute Gasteiger partial charge is 0.182 e. The second-order valence-electron chi connectivity index (χ2n) is 5.56. The van der Waals surface area contributed by atoms with Crippen molar-refractivity contribution in [2.45, 2.75) is 6.92 Å². The van der Waals surface area contributed by atoms with Crippen LogP contribution in [0.5, 0.6) is 11.5 Å². The van der Waals surface area contributed by atoms with Gasteiger partial charge in [0.25, 0.3) is 0 Å². The van der Waals surface area contributed by atoms with E-state index in [2.05, 4.69) is 15.2 Å². The third kappa shape index (κ3) is 2.00. The molecule has 0 amide bonds. The van der Waals surface area contributed by atoms with Crippen molar-refractivity contribution in [1.82, 2.24) is 15.2 Å². The summed E-state index contributed by atoms with van der Waals surface area (Å²) in [5.41, 5.74) is 2.55. The number of nitrogens with one attached hydrogen (secondary N) is 1. The molecule has 0 atom stereocenters. The summed E-state index contributed by atoms with van der Waals surface area (Å²) in [7, 11) is 1.44. The summed E-state index contributed by atoms with van der Waals surface area (Å²) in [4.78, 5) is 4.59. The first-order valence-corrected chi connectivity index (χ1v) is 7.40. The van der Waals surface area contributed by atoms with Crippen LogP contribution in [0.25, 0.3) is 33.1 Å². The van der Waals surface area contributed by atoms with E-state index in [1.807, 2.05) is 6.92 Å². The van der Waals surface area contributed by atoms with Crippen LogP contribution in [0.2, 0.25) is 0 Å².